The maximum absolute atomic E-state index is 4.86. The molecule has 0 aromatic heterocycles. The second-order valence-corrected chi connectivity index (χ2v) is 1.44. The maximum atomic E-state index is 4.86. The largest absolute Gasteiger partial charge is 0.271 e. The number of halogens is 2. The standard InChI is InChI=1S/C2H7BrN2.ClH/c3-1-2-5-4;/h5H,1-2,4H2;1H. The van der Waals surface area contributed by atoms with E-state index in [2.05, 4.69) is 21.4 Å². The Balaban J connectivity index is 0. The summed E-state index contributed by atoms with van der Waals surface area (Å²) in [6.45, 7) is 0.833. The topological polar surface area (TPSA) is 38.0 Å². The molecule has 0 rings (SSSR count). The summed E-state index contributed by atoms with van der Waals surface area (Å²) in [6, 6.07) is 0. The van der Waals surface area contributed by atoms with E-state index >= 15 is 0 Å². The van der Waals surface area contributed by atoms with E-state index in [-0.39, 0.29) is 12.4 Å². The van der Waals surface area contributed by atoms with E-state index in [1.165, 1.54) is 0 Å². The van der Waals surface area contributed by atoms with Crippen LogP contribution in [0.2, 0.25) is 0 Å². The van der Waals surface area contributed by atoms with Crippen molar-refractivity contribution >= 4 is 28.3 Å². The Morgan fingerprint density at radius 1 is 1.67 bits per heavy atom. The lowest BCUT2D eigenvalue weighted by molar-refractivity contribution is 0.790. The van der Waals surface area contributed by atoms with Crippen molar-refractivity contribution in [1.82, 2.24) is 5.43 Å². The lowest BCUT2D eigenvalue weighted by Crippen LogP contribution is -2.23. The quantitative estimate of drug-likeness (QED) is 0.359. The highest BCUT2D eigenvalue weighted by Crippen LogP contribution is 1.69. The summed E-state index contributed by atoms with van der Waals surface area (Å²) < 4.78 is 0. The highest BCUT2D eigenvalue weighted by molar-refractivity contribution is 9.09. The molecule has 0 aromatic rings. The summed E-state index contributed by atoms with van der Waals surface area (Å²) in [5, 5.41) is 0.920. The average molecular weight is 175 g/mol. The predicted molar refractivity (Wildman–Crippen MR) is 33.2 cm³/mol. The summed E-state index contributed by atoms with van der Waals surface area (Å²) in [4.78, 5) is 0. The van der Waals surface area contributed by atoms with Crippen LogP contribution in [-0.2, 0) is 0 Å². The van der Waals surface area contributed by atoms with Gasteiger partial charge < -0.3 is 0 Å². The Morgan fingerprint density at radius 3 is 2.17 bits per heavy atom. The predicted octanol–water partition coefficient (Wildman–Crippen LogP) is 0.266. The van der Waals surface area contributed by atoms with Crippen LogP contribution in [0.1, 0.15) is 0 Å². The molecule has 0 unspecified atom stereocenters. The van der Waals surface area contributed by atoms with Crippen LogP contribution in [0.3, 0.4) is 0 Å². The van der Waals surface area contributed by atoms with Gasteiger partial charge in [0.2, 0.25) is 0 Å². The molecule has 0 atom stereocenters. The zero-order chi connectivity index (χ0) is 4.12. The van der Waals surface area contributed by atoms with Crippen molar-refractivity contribution in [1.29, 1.82) is 0 Å². The van der Waals surface area contributed by atoms with Crippen LogP contribution < -0.4 is 11.3 Å². The first kappa shape index (κ1) is 9.85. The van der Waals surface area contributed by atoms with Crippen molar-refractivity contribution in [2.75, 3.05) is 11.9 Å². The lowest BCUT2D eigenvalue weighted by atomic mass is 10.8. The fourth-order valence-corrected chi connectivity index (χ4v) is 0.283. The summed E-state index contributed by atoms with van der Waals surface area (Å²) in [5.74, 6) is 4.86. The third-order valence-electron chi connectivity index (χ3n) is 0.239. The zero-order valence-electron chi connectivity index (χ0n) is 3.28. The fraction of sp³-hybridized carbons (Fsp3) is 1.00. The van der Waals surface area contributed by atoms with Crippen molar-refractivity contribution in [3.8, 4) is 0 Å². The fourth-order valence-electron chi connectivity index (χ4n) is 0.0546. The van der Waals surface area contributed by atoms with Crippen molar-refractivity contribution in [3.05, 3.63) is 0 Å². The summed E-state index contributed by atoms with van der Waals surface area (Å²) in [6.07, 6.45) is 0. The van der Waals surface area contributed by atoms with Crippen molar-refractivity contribution in [2.24, 2.45) is 5.84 Å². The SMILES string of the molecule is Cl.NNCCBr. The Morgan fingerprint density at radius 2 is 2.17 bits per heavy atom. The van der Waals surface area contributed by atoms with Crippen LogP contribution in [0.15, 0.2) is 0 Å². The van der Waals surface area contributed by atoms with Gasteiger partial charge in [-0.25, -0.2) is 0 Å². The van der Waals surface area contributed by atoms with Crippen LogP contribution in [0.4, 0.5) is 0 Å². The monoisotopic (exact) mass is 174 g/mol. The molecule has 0 radical (unpaired) electrons. The highest BCUT2D eigenvalue weighted by Gasteiger charge is 1.66. The molecule has 0 spiro atoms. The molecule has 0 saturated heterocycles. The Hall–Kier alpha value is 0.690. The number of hydrazine groups is 1. The molecular formula is C2H8BrClN2. The van der Waals surface area contributed by atoms with Crippen LogP contribution in [0.25, 0.3) is 0 Å². The van der Waals surface area contributed by atoms with Crippen LogP contribution >= 0.6 is 28.3 Å². The van der Waals surface area contributed by atoms with Crippen LogP contribution in [0.5, 0.6) is 0 Å². The van der Waals surface area contributed by atoms with E-state index in [0.29, 0.717) is 0 Å². The smallest absolute Gasteiger partial charge is 0.0195 e. The van der Waals surface area contributed by atoms with Gasteiger partial charge in [0.15, 0.2) is 0 Å². The molecule has 40 valence electrons. The van der Waals surface area contributed by atoms with Gasteiger partial charge in [0.25, 0.3) is 0 Å². The van der Waals surface area contributed by atoms with Gasteiger partial charge in [-0.15, -0.1) is 12.4 Å². The minimum atomic E-state index is 0. The van der Waals surface area contributed by atoms with E-state index in [9.17, 15) is 0 Å². The first-order chi connectivity index (χ1) is 2.41. The molecular weight excluding hydrogens is 167 g/mol. The summed E-state index contributed by atoms with van der Waals surface area (Å²) in [7, 11) is 0. The van der Waals surface area contributed by atoms with E-state index < -0.39 is 0 Å². The van der Waals surface area contributed by atoms with Gasteiger partial charge in [-0.05, 0) is 0 Å². The summed E-state index contributed by atoms with van der Waals surface area (Å²) >= 11 is 3.17. The highest BCUT2D eigenvalue weighted by atomic mass is 79.9. The van der Waals surface area contributed by atoms with Crippen LogP contribution in [-0.4, -0.2) is 11.9 Å². The van der Waals surface area contributed by atoms with Crippen molar-refractivity contribution in [3.63, 3.8) is 0 Å². The van der Waals surface area contributed by atoms with Gasteiger partial charge >= 0.3 is 0 Å². The minimum absolute atomic E-state index is 0. The van der Waals surface area contributed by atoms with Gasteiger partial charge in [0.05, 0.1) is 0 Å². The van der Waals surface area contributed by atoms with E-state index in [1.54, 1.807) is 0 Å². The normalized spacial score (nSPS) is 7.00. The van der Waals surface area contributed by atoms with Gasteiger partial charge in [0.1, 0.15) is 0 Å². The molecule has 0 saturated carbocycles. The molecule has 0 aromatic carbocycles. The molecule has 2 nitrogen and oxygen atoms in total. The Kier molecular flexibility index (Phi) is 15.1. The molecule has 0 aliphatic rings. The number of hydrogen-bond acceptors (Lipinski definition) is 2. The minimum Gasteiger partial charge on any atom is -0.271 e. The van der Waals surface area contributed by atoms with Gasteiger partial charge in [-0.1, -0.05) is 15.9 Å². The summed E-state index contributed by atoms with van der Waals surface area (Å²) in [5.41, 5.74) is 2.47. The third kappa shape index (κ3) is 8.83. The number of rotatable bonds is 2. The lowest BCUT2D eigenvalue weighted by Gasteiger charge is -1.83. The Bertz CT molecular complexity index is 19.0. The van der Waals surface area contributed by atoms with Crippen molar-refractivity contribution in [2.45, 2.75) is 0 Å². The molecule has 0 aliphatic carbocycles. The van der Waals surface area contributed by atoms with E-state index in [4.69, 9.17) is 5.84 Å². The second kappa shape index (κ2) is 9.19. The zero-order valence-corrected chi connectivity index (χ0v) is 5.68. The second-order valence-electron chi connectivity index (χ2n) is 0.643. The van der Waals surface area contributed by atoms with Crippen LogP contribution in [0, 0.1) is 0 Å². The van der Waals surface area contributed by atoms with E-state index in [1.807, 2.05) is 0 Å². The first-order valence-electron chi connectivity index (χ1n) is 1.41. The molecule has 0 aliphatic heterocycles. The van der Waals surface area contributed by atoms with Gasteiger partial charge in [-0.2, -0.15) is 0 Å². The number of nitrogens with one attached hydrogen (secondary N) is 1. The number of alkyl halides is 1. The molecule has 0 bridgehead atoms. The molecule has 0 amide bonds. The number of nitrogens with two attached hydrogens (primary N) is 1. The van der Waals surface area contributed by atoms with E-state index in [0.717, 1.165) is 11.9 Å². The molecule has 0 fully saturated rings. The molecule has 3 N–H and O–H groups in total. The third-order valence-corrected chi connectivity index (χ3v) is 0.635. The molecule has 4 heteroatoms. The van der Waals surface area contributed by atoms with Crippen molar-refractivity contribution < 1.29 is 0 Å². The maximum Gasteiger partial charge on any atom is 0.0195 e. The Labute approximate surface area is 52.0 Å². The molecule has 6 heavy (non-hydrogen) atoms. The number of hydrogen-bond donors (Lipinski definition) is 2. The van der Waals surface area contributed by atoms with Gasteiger partial charge in [-0.3, -0.25) is 11.3 Å². The molecule has 0 heterocycles. The first-order valence-corrected chi connectivity index (χ1v) is 2.53. The average Bonchev–Trinajstić information content (AvgIpc) is 1.41. The van der Waals surface area contributed by atoms with Gasteiger partial charge in [0, 0.05) is 11.9 Å².